The lowest BCUT2D eigenvalue weighted by Gasteiger charge is -2.14. The number of carbonyl (C=O) groups is 2. The van der Waals surface area contributed by atoms with Crippen molar-refractivity contribution in [2.75, 3.05) is 7.11 Å². The molecule has 0 aliphatic heterocycles. The first-order valence-corrected chi connectivity index (χ1v) is 6.91. The van der Waals surface area contributed by atoms with Gasteiger partial charge in [-0.2, -0.15) is 8.78 Å². The van der Waals surface area contributed by atoms with Crippen molar-refractivity contribution in [2.24, 2.45) is 0 Å². The lowest BCUT2D eigenvalue weighted by atomic mass is 10.1. The van der Waals surface area contributed by atoms with Crippen LogP contribution in [0.1, 0.15) is 20.7 Å². The molecule has 0 spiro atoms. The Bertz CT molecular complexity index is 784. The van der Waals surface area contributed by atoms with E-state index in [0.29, 0.717) is 0 Å². The van der Waals surface area contributed by atoms with Crippen molar-refractivity contribution >= 4 is 11.8 Å². The van der Waals surface area contributed by atoms with E-state index >= 15 is 0 Å². The highest BCUT2D eigenvalue weighted by Crippen LogP contribution is 2.32. The van der Waals surface area contributed by atoms with Gasteiger partial charge in [0, 0.05) is 0 Å². The van der Waals surface area contributed by atoms with Gasteiger partial charge in [-0.3, -0.25) is 20.4 Å². The van der Waals surface area contributed by atoms with Gasteiger partial charge in [-0.15, -0.1) is 0 Å². The fourth-order valence-corrected chi connectivity index (χ4v) is 1.96. The number of nitrogens with one attached hydrogen (secondary N) is 2. The van der Waals surface area contributed by atoms with E-state index in [2.05, 4.69) is 4.74 Å². The third-order valence-corrected chi connectivity index (χ3v) is 3.06. The third kappa shape index (κ3) is 4.40. The summed E-state index contributed by atoms with van der Waals surface area (Å²) in [5, 5.41) is 0. The summed E-state index contributed by atoms with van der Waals surface area (Å²) >= 11 is 0. The van der Waals surface area contributed by atoms with Crippen LogP contribution in [-0.4, -0.2) is 25.5 Å². The molecule has 9 heteroatoms. The molecule has 0 radical (unpaired) electrons. The van der Waals surface area contributed by atoms with E-state index in [0.717, 1.165) is 6.07 Å². The van der Waals surface area contributed by atoms with Gasteiger partial charge in [-0.25, -0.2) is 4.39 Å². The SMILES string of the molecule is COc1cccc(C(=O)NNC(=O)c2ccccc2F)c1OC(F)F. The molecule has 2 N–H and O–H groups in total. The molecular weight excluding hydrogens is 341 g/mol. The van der Waals surface area contributed by atoms with Crippen molar-refractivity contribution in [1.29, 1.82) is 0 Å². The molecule has 0 aromatic heterocycles. The van der Waals surface area contributed by atoms with Crippen LogP contribution < -0.4 is 20.3 Å². The van der Waals surface area contributed by atoms with Crippen LogP contribution in [0.3, 0.4) is 0 Å². The first kappa shape index (κ1) is 18.1. The van der Waals surface area contributed by atoms with Gasteiger partial charge in [-0.1, -0.05) is 18.2 Å². The molecule has 0 aliphatic rings. The van der Waals surface area contributed by atoms with Crippen molar-refractivity contribution in [3.63, 3.8) is 0 Å². The summed E-state index contributed by atoms with van der Waals surface area (Å²) in [6, 6.07) is 9.04. The first-order valence-electron chi connectivity index (χ1n) is 6.91. The molecule has 25 heavy (non-hydrogen) atoms. The fraction of sp³-hybridized carbons (Fsp3) is 0.125. The maximum atomic E-state index is 13.5. The lowest BCUT2D eigenvalue weighted by Crippen LogP contribution is -2.42. The van der Waals surface area contributed by atoms with Crippen molar-refractivity contribution in [3.8, 4) is 11.5 Å². The van der Waals surface area contributed by atoms with E-state index in [1.54, 1.807) is 0 Å². The number of hydrazine groups is 1. The zero-order chi connectivity index (χ0) is 18.4. The molecule has 2 aromatic carbocycles. The Hall–Kier alpha value is -3.23. The summed E-state index contributed by atoms with van der Waals surface area (Å²) < 4.78 is 47.8. The standard InChI is InChI=1S/C16H13F3N2O4/c1-24-12-8-4-6-10(13(12)25-16(18)19)15(23)21-20-14(22)9-5-2-3-7-11(9)17/h2-8,16H,1H3,(H,20,22)(H,21,23). The number of para-hydroxylation sites is 1. The predicted octanol–water partition coefficient (Wildman–Crippen LogP) is 2.51. The zero-order valence-corrected chi connectivity index (χ0v) is 12.9. The number of alkyl halides is 2. The van der Waals surface area contributed by atoms with Crippen LogP contribution in [0.2, 0.25) is 0 Å². The molecule has 0 aliphatic carbocycles. The number of ether oxygens (including phenoxy) is 2. The highest BCUT2D eigenvalue weighted by atomic mass is 19.3. The quantitative estimate of drug-likeness (QED) is 0.809. The van der Waals surface area contributed by atoms with Crippen LogP contribution in [0.15, 0.2) is 42.5 Å². The van der Waals surface area contributed by atoms with Crippen LogP contribution in [0.5, 0.6) is 11.5 Å². The van der Waals surface area contributed by atoms with Crippen molar-refractivity contribution in [2.45, 2.75) is 6.61 Å². The van der Waals surface area contributed by atoms with Gasteiger partial charge in [-0.05, 0) is 24.3 Å². The molecule has 2 aromatic rings. The number of hydrogen-bond acceptors (Lipinski definition) is 4. The molecule has 0 fully saturated rings. The molecular formula is C16H13F3N2O4. The summed E-state index contributed by atoms with van der Waals surface area (Å²) in [4.78, 5) is 24.0. The maximum Gasteiger partial charge on any atom is 0.387 e. The normalized spacial score (nSPS) is 10.3. The van der Waals surface area contributed by atoms with Crippen LogP contribution in [0, 0.1) is 5.82 Å². The number of hydrogen-bond donors (Lipinski definition) is 2. The predicted molar refractivity (Wildman–Crippen MR) is 81.0 cm³/mol. The number of halogens is 3. The molecule has 0 heterocycles. The Morgan fingerprint density at radius 1 is 0.960 bits per heavy atom. The monoisotopic (exact) mass is 354 g/mol. The van der Waals surface area contributed by atoms with Gasteiger partial charge in [0.15, 0.2) is 11.5 Å². The van der Waals surface area contributed by atoms with Gasteiger partial charge < -0.3 is 9.47 Å². The summed E-state index contributed by atoms with van der Waals surface area (Å²) in [5.74, 6) is -3.21. The number of carbonyl (C=O) groups excluding carboxylic acids is 2. The smallest absolute Gasteiger partial charge is 0.387 e. The van der Waals surface area contributed by atoms with E-state index in [9.17, 15) is 22.8 Å². The van der Waals surface area contributed by atoms with Gasteiger partial charge in [0.1, 0.15) is 5.82 Å². The van der Waals surface area contributed by atoms with Gasteiger partial charge in [0.2, 0.25) is 0 Å². The molecule has 6 nitrogen and oxygen atoms in total. The van der Waals surface area contributed by atoms with Gasteiger partial charge >= 0.3 is 6.61 Å². The highest BCUT2D eigenvalue weighted by molar-refractivity contribution is 6.01. The van der Waals surface area contributed by atoms with Crippen LogP contribution in [0.25, 0.3) is 0 Å². The number of rotatable bonds is 5. The Labute approximate surface area is 140 Å². The van der Waals surface area contributed by atoms with E-state index in [1.165, 1.54) is 43.5 Å². The Morgan fingerprint density at radius 2 is 1.56 bits per heavy atom. The molecule has 0 unspecified atom stereocenters. The third-order valence-electron chi connectivity index (χ3n) is 3.06. The molecule has 0 atom stereocenters. The minimum atomic E-state index is -3.18. The average molecular weight is 354 g/mol. The van der Waals surface area contributed by atoms with Gasteiger partial charge in [0.25, 0.3) is 11.8 Å². The van der Waals surface area contributed by atoms with Crippen LogP contribution >= 0.6 is 0 Å². The van der Waals surface area contributed by atoms with E-state index < -0.39 is 30.0 Å². The highest BCUT2D eigenvalue weighted by Gasteiger charge is 2.21. The van der Waals surface area contributed by atoms with Crippen LogP contribution in [-0.2, 0) is 0 Å². The topological polar surface area (TPSA) is 76.7 Å². The summed E-state index contributed by atoms with van der Waals surface area (Å²) in [5.41, 5.74) is 3.41. The van der Waals surface area contributed by atoms with Crippen molar-refractivity contribution in [3.05, 3.63) is 59.4 Å². The Morgan fingerprint density at radius 3 is 2.16 bits per heavy atom. The second-order valence-corrected chi connectivity index (χ2v) is 4.60. The summed E-state index contributed by atoms with van der Waals surface area (Å²) in [6.45, 7) is -3.18. The molecule has 2 amide bonds. The second-order valence-electron chi connectivity index (χ2n) is 4.60. The Balaban J connectivity index is 2.16. The molecule has 2 rings (SSSR count). The Kier molecular flexibility index (Phi) is 5.83. The van der Waals surface area contributed by atoms with E-state index in [1.807, 2.05) is 10.9 Å². The van der Waals surface area contributed by atoms with E-state index in [4.69, 9.17) is 4.74 Å². The van der Waals surface area contributed by atoms with E-state index in [-0.39, 0.29) is 16.9 Å². The molecule has 0 saturated carbocycles. The second kappa shape index (κ2) is 8.04. The maximum absolute atomic E-state index is 13.5. The fourth-order valence-electron chi connectivity index (χ4n) is 1.96. The summed E-state index contributed by atoms with van der Waals surface area (Å²) in [7, 11) is 1.22. The number of benzene rings is 2. The lowest BCUT2D eigenvalue weighted by molar-refractivity contribution is -0.0515. The molecule has 132 valence electrons. The molecule has 0 bridgehead atoms. The van der Waals surface area contributed by atoms with Crippen LogP contribution in [0.4, 0.5) is 13.2 Å². The van der Waals surface area contributed by atoms with Crippen molar-refractivity contribution in [1.82, 2.24) is 10.9 Å². The summed E-state index contributed by atoms with van der Waals surface area (Å²) in [6.07, 6.45) is 0. The largest absolute Gasteiger partial charge is 0.493 e. The number of methoxy groups -OCH3 is 1. The first-order chi connectivity index (χ1) is 11.9. The minimum Gasteiger partial charge on any atom is -0.493 e. The zero-order valence-electron chi connectivity index (χ0n) is 12.9. The minimum absolute atomic E-state index is 0.0895. The number of amides is 2. The molecule has 0 saturated heterocycles. The van der Waals surface area contributed by atoms with Crippen molar-refractivity contribution < 1.29 is 32.2 Å². The van der Waals surface area contributed by atoms with Gasteiger partial charge in [0.05, 0.1) is 18.2 Å². The average Bonchev–Trinajstić information content (AvgIpc) is 2.59.